The van der Waals surface area contributed by atoms with Crippen LogP contribution < -0.4 is 10.1 Å². The number of nitro benzene ring substituents is 1. The first kappa shape index (κ1) is 24.9. The predicted octanol–water partition coefficient (Wildman–Crippen LogP) is 3.23. The number of carbonyl (C=O) groups excluding carboxylic acids is 2. The maximum atomic E-state index is 12.7. The van der Waals surface area contributed by atoms with E-state index in [1.165, 1.54) is 25.3 Å². The van der Waals surface area contributed by atoms with Crippen molar-refractivity contribution >= 4 is 33.6 Å². The van der Waals surface area contributed by atoms with Gasteiger partial charge in [-0.2, -0.15) is 5.26 Å². The number of rotatable bonds is 9. The second-order valence-electron chi connectivity index (χ2n) is 6.70. The minimum Gasteiger partial charge on any atom is -0.493 e. The van der Waals surface area contributed by atoms with Crippen LogP contribution in [-0.2, 0) is 19.1 Å². The Labute approximate surface area is 193 Å². The van der Waals surface area contributed by atoms with Crippen LogP contribution in [0.2, 0.25) is 0 Å². The Kier molecular flexibility index (Phi) is 8.78. The van der Waals surface area contributed by atoms with Gasteiger partial charge in [-0.3, -0.25) is 10.1 Å². The standard InChI is InChI=1S/C21H22BrN3O7/c1-12-17(20(26)30-2)18(19(21(27)31-3)15(11-23)24-12)14-10-13(25(28)29)6-7-16(14)32-9-5-4-8-22/h6-7,10,18,24H,4-5,8-9H2,1-3H3. The van der Waals surface area contributed by atoms with Crippen LogP contribution in [0.4, 0.5) is 5.69 Å². The number of non-ortho nitro benzene ring substituents is 1. The Balaban J connectivity index is 2.79. The highest BCUT2D eigenvalue weighted by Gasteiger charge is 2.41. The first-order valence-corrected chi connectivity index (χ1v) is 10.7. The van der Waals surface area contributed by atoms with E-state index in [2.05, 4.69) is 21.2 Å². The van der Waals surface area contributed by atoms with E-state index in [1.807, 2.05) is 6.07 Å². The van der Waals surface area contributed by atoms with E-state index >= 15 is 0 Å². The number of hydrogen-bond acceptors (Lipinski definition) is 9. The molecule has 0 radical (unpaired) electrons. The van der Waals surface area contributed by atoms with E-state index in [-0.39, 0.29) is 39.5 Å². The lowest BCUT2D eigenvalue weighted by Crippen LogP contribution is -2.32. The van der Waals surface area contributed by atoms with Gasteiger partial charge in [-0.1, -0.05) is 15.9 Å². The van der Waals surface area contributed by atoms with Gasteiger partial charge in [-0.15, -0.1) is 0 Å². The Hall–Kier alpha value is -3.39. The number of hydrogen-bond donors (Lipinski definition) is 1. The fourth-order valence-corrected chi connectivity index (χ4v) is 3.72. The molecule has 32 heavy (non-hydrogen) atoms. The number of dihydropyridines is 1. The van der Waals surface area contributed by atoms with E-state index in [4.69, 9.17) is 14.2 Å². The van der Waals surface area contributed by atoms with Crippen molar-refractivity contribution in [2.75, 3.05) is 26.2 Å². The number of esters is 2. The molecule has 1 atom stereocenters. The van der Waals surface area contributed by atoms with Gasteiger partial charge in [0.15, 0.2) is 0 Å². The molecule has 0 saturated heterocycles. The highest BCUT2D eigenvalue weighted by molar-refractivity contribution is 9.09. The number of halogens is 1. The van der Waals surface area contributed by atoms with Crippen molar-refractivity contribution in [1.82, 2.24) is 5.32 Å². The molecule has 1 aromatic carbocycles. The Morgan fingerprint density at radius 2 is 1.88 bits per heavy atom. The molecular weight excluding hydrogens is 486 g/mol. The fraction of sp³-hybridized carbons (Fsp3) is 0.381. The number of nitrogens with one attached hydrogen (secondary N) is 1. The number of nitrogens with zero attached hydrogens (tertiary/aromatic N) is 2. The van der Waals surface area contributed by atoms with Crippen LogP contribution >= 0.6 is 15.9 Å². The van der Waals surface area contributed by atoms with Crippen molar-refractivity contribution in [2.45, 2.75) is 25.7 Å². The predicted molar refractivity (Wildman–Crippen MR) is 117 cm³/mol. The highest BCUT2D eigenvalue weighted by atomic mass is 79.9. The lowest BCUT2D eigenvalue weighted by atomic mass is 9.79. The van der Waals surface area contributed by atoms with E-state index < -0.39 is 22.8 Å². The van der Waals surface area contributed by atoms with Crippen molar-refractivity contribution in [2.24, 2.45) is 0 Å². The number of allylic oxidation sites excluding steroid dienone is 2. The molecule has 1 aromatic rings. The van der Waals surface area contributed by atoms with Crippen molar-refractivity contribution in [1.29, 1.82) is 5.26 Å². The van der Waals surface area contributed by atoms with Crippen molar-refractivity contribution in [3.05, 3.63) is 56.4 Å². The van der Waals surface area contributed by atoms with Crippen LogP contribution in [0.15, 0.2) is 40.7 Å². The molecule has 0 saturated carbocycles. The third kappa shape index (κ3) is 5.26. The lowest BCUT2D eigenvalue weighted by molar-refractivity contribution is -0.384. The molecule has 1 N–H and O–H groups in total. The number of benzene rings is 1. The zero-order valence-electron chi connectivity index (χ0n) is 17.8. The fourth-order valence-electron chi connectivity index (χ4n) is 3.32. The molecule has 0 bridgehead atoms. The first-order valence-electron chi connectivity index (χ1n) is 9.56. The molecule has 0 aromatic heterocycles. The number of carbonyl (C=O) groups is 2. The Bertz CT molecular complexity index is 1030. The number of nitriles is 1. The Morgan fingerprint density at radius 1 is 1.22 bits per heavy atom. The summed E-state index contributed by atoms with van der Waals surface area (Å²) in [6.45, 7) is 1.85. The molecule has 0 fully saturated rings. The van der Waals surface area contributed by atoms with Gasteiger partial charge >= 0.3 is 11.9 Å². The smallest absolute Gasteiger partial charge is 0.337 e. The number of nitro groups is 1. The molecule has 1 heterocycles. The summed E-state index contributed by atoms with van der Waals surface area (Å²) in [5, 5.41) is 24.6. The van der Waals surface area contributed by atoms with Crippen LogP contribution in [0.5, 0.6) is 5.75 Å². The summed E-state index contributed by atoms with van der Waals surface area (Å²) in [7, 11) is 2.31. The minimum absolute atomic E-state index is 0.0118. The van der Waals surface area contributed by atoms with Gasteiger partial charge < -0.3 is 19.5 Å². The SMILES string of the molecule is COC(=O)C1=C(C)NC(C#N)=C(C(=O)OC)C1c1cc([N+](=O)[O-])ccc1OCCCCBr. The van der Waals surface area contributed by atoms with E-state index in [1.54, 1.807) is 6.92 Å². The molecule has 170 valence electrons. The van der Waals surface area contributed by atoms with Gasteiger partial charge in [-0.05, 0) is 25.8 Å². The molecule has 11 heteroatoms. The molecule has 10 nitrogen and oxygen atoms in total. The first-order chi connectivity index (χ1) is 15.3. The molecular formula is C21H22BrN3O7. The summed E-state index contributed by atoms with van der Waals surface area (Å²) in [6.07, 6.45) is 1.55. The normalized spacial score (nSPS) is 15.5. The maximum absolute atomic E-state index is 12.7. The van der Waals surface area contributed by atoms with Gasteiger partial charge in [0.25, 0.3) is 5.69 Å². The van der Waals surface area contributed by atoms with Crippen molar-refractivity contribution in [3.8, 4) is 11.8 Å². The van der Waals surface area contributed by atoms with Gasteiger partial charge in [0.05, 0.1) is 42.8 Å². The van der Waals surface area contributed by atoms with E-state index in [0.717, 1.165) is 18.9 Å². The molecule has 1 aliphatic rings. The topological polar surface area (TPSA) is 141 Å². The lowest BCUT2D eigenvalue weighted by Gasteiger charge is -2.29. The zero-order chi connectivity index (χ0) is 23.8. The van der Waals surface area contributed by atoms with Gasteiger partial charge in [0.2, 0.25) is 0 Å². The maximum Gasteiger partial charge on any atom is 0.337 e. The summed E-state index contributed by atoms with van der Waals surface area (Å²) in [4.78, 5) is 36.2. The number of alkyl halides is 1. The summed E-state index contributed by atoms with van der Waals surface area (Å²) >= 11 is 3.34. The monoisotopic (exact) mass is 507 g/mol. The van der Waals surface area contributed by atoms with Crippen LogP contribution in [0.3, 0.4) is 0 Å². The van der Waals surface area contributed by atoms with Crippen molar-refractivity contribution < 1.29 is 28.7 Å². The van der Waals surface area contributed by atoms with Crippen LogP contribution in [-0.4, -0.2) is 43.0 Å². The summed E-state index contributed by atoms with van der Waals surface area (Å²) in [5.41, 5.74) is -0.126. The second kappa shape index (κ2) is 11.3. The number of methoxy groups -OCH3 is 2. The van der Waals surface area contributed by atoms with E-state index in [0.29, 0.717) is 13.0 Å². The minimum atomic E-state index is -1.18. The molecule has 0 amide bonds. The quantitative estimate of drug-likeness (QED) is 0.175. The average Bonchev–Trinajstić information content (AvgIpc) is 2.79. The van der Waals surface area contributed by atoms with Gasteiger partial charge in [0, 0.05) is 28.7 Å². The number of ether oxygens (including phenoxy) is 3. The molecule has 1 aliphatic heterocycles. The van der Waals surface area contributed by atoms with E-state index in [9.17, 15) is 25.0 Å². The van der Waals surface area contributed by atoms with Crippen LogP contribution in [0.1, 0.15) is 31.2 Å². The summed E-state index contributed by atoms with van der Waals surface area (Å²) in [5.74, 6) is -2.58. The van der Waals surface area contributed by atoms with Crippen LogP contribution in [0.25, 0.3) is 0 Å². The number of unbranched alkanes of at least 4 members (excludes halogenated alkanes) is 1. The van der Waals surface area contributed by atoms with Gasteiger partial charge in [0.1, 0.15) is 17.5 Å². The average molecular weight is 508 g/mol. The zero-order valence-corrected chi connectivity index (χ0v) is 19.4. The Morgan fingerprint density at radius 3 is 2.44 bits per heavy atom. The molecule has 2 rings (SSSR count). The van der Waals surface area contributed by atoms with Gasteiger partial charge in [-0.25, -0.2) is 9.59 Å². The second-order valence-corrected chi connectivity index (χ2v) is 7.50. The van der Waals surface area contributed by atoms with Crippen molar-refractivity contribution in [3.63, 3.8) is 0 Å². The van der Waals surface area contributed by atoms with Crippen LogP contribution in [0, 0.1) is 21.4 Å². The highest BCUT2D eigenvalue weighted by Crippen LogP contribution is 2.44. The largest absolute Gasteiger partial charge is 0.493 e. The molecule has 0 aliphatic carbocycles. The third-order valence-corrected chi connectivity index (χ3v) is 5.35. The summed E-state index contributed by atoms with van der Waals surface area (Å²) < 4.78 is 15.6. The molecule has 0 spiro atoms. The third-order valence-electron chi connectivity index (χ3n) is 4.79. The molecule has 1 unspecified atom stereocenters. The summed E-state index contributed by atoms with van der Waals surface area (Å²) in [6, 6.07) is 5.80.